The molecule has 4 nitrogen and oxygen atoms in total. The summed E-state index contributed by atoms with van der Waals surface area (Å²) >= 11 is 0. The SMILES string of the molecule is CN(C)C1(CNCc2ccc(CC(=O)O)cc2)CCC1. The van der Waals surface area contributed by atoms with Crippen LogP contribution < -0.4 is 5.32 Å². The number of nitrogens with zero attached hydrogens (tertiary/aromatic N) is 1. The van der Waals surface area contributed by atoms with Gasteiger partial charge in [0.1, 0.15) is 0 Å². The quantitative estimate of drug-likeness (QED) is 0.798. The van der Waals surface area contributed by atoms with Crippen molar-refractivity contribution < 1.29 is 9.90 Å². The van der Waals surface area contributed by atoms with Gasteiger partial charge in [-0.05, 0) is 44.5 Å². The second kappa shape index (κ2) is 6.37. The van der Waals surface area contributed by atoms with Crippen molar-refractivity contribution in [2.45, 2.75) is 37.8 Å². The molecule has 1 aliphatic carbocycles. The molecular weight excluding hydrogens is 252 g/mol. The van der Waals surface area contributed by atoms with Crippen LogP contribution >= 0.6 is 0 Å². The van der Waals surface area contributed by atoms with Crippen LogP contribution in [0, 0.1) is 0 Å². The average Bonchev–Trinajstić information content (AvgIpc) is 2.33. The monoisotopic (exact) mass is 276 g/mol. The third-order valence-electron chi connectivity index (χ3n) is 4.39. The molecular formula is C16H24N2O2. The minimum Gasteiger partial charge on any atom is -0.481 e. The van der Waals surface area contributed by atoms with Crippen LogP contribution in [0.4, 0.5) is 0 Å². The number of carboxylic acids is 1. The van der Waals surface area contributed by atoms with E-state index in [1.54, 1.807) is 0 Å². The zero-order chi connectivity index (χ0) is 14.6. The van der Waals surface area contributed by atoms with E-state index in [1.807, 2.05) is 24.3 Å². The summed E-state index contributed by atoms with van der Waals surface area (Å²) in [5.41, 5.74) is 2.39. The number of hydrogen-bond donors (Lipinski definition) is 2. The summed E-state index contributed by atoms with van der Waals surface area (Å²) < 4.78 is 0. The van der Waals surface area contributed by atoms with Crippen molar-refractivity contribution in [3.8, 4) is 0 Å². The van der Waals surface area contributed by atoms with Gasteiger partial charge in [0, 0.05) is 18.6 Å². The molecule has 1 aliphatic rings. The summed E-state index contributed by atoms with van der Waals surface area (Å²) in [6.45, 7) is 1.85. The molecule has 20 heavy (non-hydrogen) atoms. The first-order valence-electron chi connectivity index (χ1n) is 7.20. The molecule has 0 aromatic heterocycles. The number of benzene rings is 1. The fraction of sp³-hybridized carbons (Fsp3) is 0.562. The highest BCUT2D eigenvalue weighted by molar-refractivity contribution is 5.70. The topological polar surface area (TPSA) is 52.6 Å². The Balaban J connectivity index is 1.81. The summed E-state index contributed by atoms with van der Waals surface area (Å²) in [4.78, 5) is 13.0. The second-order valence-corrected chi connectivity index (χ2v) is 5.96. The number of aliphatic carboxylic acids is 1. The standard InChI is InChI=1S/C16H24N2O2/c1-18(2)16(8-3-9-16)12-17-11-14-6-4-13(5-7-14)10-15(19)20/h4-7,17H,3,8-12H2,1-2H3,(H,19,20). The van der Waals surface area contributed by atoms with Gasteiger partial charge in [-0.15, -0.1) is 0 Å². The molecule has 0 amide bonds. The molecule has 0 unspecified atom stereocenters. The van der Waals surface area contributed by atoms with Crippen molar-refractivity contribution in [1.82, 2.24) is 10.2 Å². The van der Waals surface area contributed by atoms with Crippen LogP contribution in [-0.2, 0) is 17.8 Å². The van der Waals surface area contributed by atoms with E-state index in [1.165, 1.54) is 24.8 Å². The van der Waals surface area contributed by atoms with Gasteiger partial charge in [0.15, 0.2) is 0 Å². The number of hydrogen-bond acceptors (Lipinski definition) is 3. The molecule has 0 heterocycles. The molecule has 1 fully saturated rings. The van der Waals surface area contributed by atoms with E-state index in [0.29, 0.717) is 5.54 Å². The van der Waals surface area contributed by atoms with E-state index >= 15 is 0 Å². The second-order valence-electron chi connectivity index (χ2n) is 5.96. The van der Waals surface area contributed by atoms with Crippen LogP contribution in [0.2, 0.25) is 0 Å². The normalized spacial score (nSPS) is 16.9. The van der Waals surface area contributed by atoms with Crippen LogP contribution in [-0.4, -0.2) is 42.2 Å². The van der Waals surface area contributed by atoms with Gasteiger partial charge < -0.3 is 15.3 Å². The maximum Gasteiger partial charge on any atom is 0.307 e. The fourth-order valence-corrected chi connectivity index (χ4v) is 2.76. The lowest BCUT2D eigenvalue weighted by Gasteiger charge is -2.47. The van der Waals surface area contributed by atoms with Crippen LogP contribution in [0.5, 0.6) is 0 Å². The minimum atomic E-state index is -0.784. The Labute approximate surface area is 120 Å². The molecule has 2 N–H and O–H groups in total. The van der Waals surface area contributed by atoms with Crippen molar-refractivity contribution in [3.63, 3.8) is 0 Å². The number of rotatable bonds is 7. The van der Waals surface area contributed by atoms with Crippen LogP contribution in [0.25, 0.3) is 0 Å². The Morgan fingerprint density at radius 3 is 2.30 bits per heavy atom. The smallest absolute Gasteiger partial charge is 0.307 e. The molecule has 4 heteroatoms. The third-order valence-corrected chi connectivity index (χ3v) is 4.39. The highest BCUT2D eigenvalue weighted by atomic mass is 16.4. The Bertz CT molecular complexity index is 450. The van der Waals surface area contributed by atoms with Crippen LogP contribution in [0.3, 0.4) is 0 Å². The van der Waals surface area contributed by atoms with Gasteiger partial charge in [-0.25, -0.2) is 0 Å². The van der Waals surface area contributed by atoms with Crippen LogP contribution in [0.1, 0.15) is 30.4 Å². The van der Waals surface area contributed by atoms with E-state index in [4.69, 9.17) is 5.11 Å². The van der Waals surface area contributed by atoms with Gasteiger partial charge in [0.2, 0.25) is 0 Å². The molecule has 0 saturated heterocycles. The lowest BCUT2D eigenvalue weighted by Crippen LogP contribution is -2.56. The van der Waals surface area contributed by atoms with Gasteiger partial charge >= 0.3 is 5.97 Å². The Morgan fingerprint density at radius 2 is 1.85 bits per heavy atom. The highest BCUT2D eigenvalue weighted by Crippen LogP contribution is 2.35. The van der Waals surface area contributed by atoms with Crippen molar-refractivity contribution in [1.29, 1.82) is 0 Å². The molecule has 0 spiro atoms. The van der Waals surface area contributed by atoms with Gasteiger partial charge in [-0.2, -0.15) is 0 Å². The van der Waals surface area contributed by atoms with E-state index in [9.17, 15) is 4.79 Å². The first kappa shape index (κ1) is 15.0. The molecule has 110 valence electrons. The van der Waals surface area contributed by atoms with Gasteiger partial charge in [0.25, 0.3) is 0 Å². The zero-order valence-electron chi connectivity index (χ0n) is 12.4. The highest BCUT2D eigenvalue weighted by Gasteiger charge is 2.38. The predicted molar refractivity (Wildman–Crippen MR) is 79.8 cm³/mol. The van der Waals surface area contributed by atoms with E-state index in [2.05, 4.69) is 24.3 Å². The Kier molecular flexibility index (Phi) is 4.78. The van der Waals surface area contributed by atoms with E-state index in [0.717, 1.165) is 18.7 Å². The largest absolute Gasteiger partial charge is 0.481 e. The molecule has 0 aliphatic heterocycles. The van der Waals surface area contributed by atoms with E-state index < -0.39 is 5.97 Å². The van der Waals surface area contributed by atoms with Crippen molar-refractivity contribution in [2.75, 3.05) is 20.6 Å². The number of likely N-dealkylation sites (N-methyl/N-ethyl adjacent to an activating group) is 1. The molecule has 0 bridgehead atoms. The third kappa shape index (κ3) is 3.58. The van der Waals surface area contributed by atoms with Crippen LogP contribution in [0.15, 0.2) is 24.3 Å². The van der Waals surface area contributed by atoms with E-state index in [-0.39, 0.29) is 6.42 Å². The number of carboxylic acid groups (broad SMARTS) is 1. The summed E-state index contributed by atoms with van der Waals surface area (Å²) in [5.74, 6) is -0.784. The zero-order valence-corrected chi connectivity index (χ0v) is 12.4. The summed E-state index contributed by atoms with van der Waals surface area (Å²) in [5, 5.41) is 12.3. The van der Waals surface area contributed by atoms with Crippen molar-refractivity contribution >= 4 is 5.97 Å². The first-order valence-corrected chi connectivity index (χ1v) is 7.20. The fourth-order valence-electron chi connectivity index (χ4n) is 2.76. The lowest BCUT2D eigenvalue weighted by molar-refractivity contribution is -0.136. The summed E-state index contributed by atoms with van der Waals surface area (Å²) in [6.07, 6.45) is 3.95. The maximum atomic E-state index is 10.6. The lowest BCUT2D eigenvalue weighted by atomic mass is 9.75. The summed E-state index contributed by atoms with van der Waals surface area (Å²) in [6, 6.07) is 7.81. The molecule has 0 atom stereocenters. The van der Waals surface area contributed by atoms with Gasteiger partial charge in [-0.1, -0.05) is 24.3 Å². The number of carbonyl (C=O) groups is 1. The van der Waals surface area contributed by atoms with Gasteiger partial charge in [-0.3, -0.25) is 4.79 Å². The van der Waals surface area contributed by atoms with Crippen molar-refractivity contribution in [2.24, 2.45) is 0 Å². The minimum absolute atomic E-state index is 0.0947. The molecule has 0 radical (unpaired) electrons. The Morgan fingerprint density at radius 1 is 1.25 bits per heavy atom. The molecule has 1 aromatic rings. The first-order chi connectivity index (χ1) is 9.52. The summed E-state index contributed by atoms with van der Waals surface area (Å²) in [7, 11) is 4.31. The predicted octanol–water partition coefficient (Wildman–Crippen LogP) is 1.89. The number of nitrogens with one attached hydrogen (secondary N) is 1. The Hall–Kier alpha value is -1.39. The molecule has 2 rings (SSSR count). The molecule has 1 aromatic carbocycles. The van der Waals surface area contributed by atoms with Gasteiger partial charge in [0.05, 0.1) is 6.42 Å². The van der Waals surface area contributed by atoms with Crippen molar-refractivity contribution in [3.05, 3.63) is 35.4 Å². The average molecular weight is 276 g/mol. The maximum absolute atomic E-state index is 10.6. The molecule has 1 saturated carbocycles.